The molecule has 0 aliphatic carbocycles. The third kappa shape index (κ3) is 4.09. The minimum Gasteiger partial charge on any atom is -0.478 e. The summed E-state index contributed by atoms with van der Waals surface area (Å²) in [4.78, 5) is 10.9. The van der Waals surface area contributed by atoms with Gasteiger partial charge in [-0.1, -0.05) is 48.5 Å². The van der Waals surface area contributed by atoms with E-state index in [0.717, 1.165) is 17.3 Å². The van der Waals surface area contributed by atoms with Crippen LogP contribution in [0.25, 0.3) is 11.1 Å². The molecule has 0 spiro atoms. The molecule has 0 saturated heterocycles. The highest BCUT2D eigenvalue weighted by Gasteiger charge is 2.09. The van der Waals surface area contributed by atoms with E-state index in [-0.39, 0.29) is 5.56 Å². The maximum atomic E-state index is 14.1. The lowest BCUT2D eigenvalue weighted by molar-refractivity contribution is 0.0696. The molecule has 4 nitrogen and oxygen atoms in total. The van der Waals surface area contributed by atoms with Crippen LogP contribution in [0.5, 0.6) is 0 Å². The molecule has 3 aromatic carbocycles. The zero-order valence-corrected chi connectivity index (χ0v) is 13.2. The number of rotatable bonds is 5. The molecule has 0 aliphatic heterocycles. The summed E-state index contributed by atoms with van der Waals surface area (Å²) < 4.78 is 14.1. The van der Waals surface area contributed by atoms with Crippen LogP contribution < -0.4 is 5.43 Å². The van der Waals surface area contributed by atoms with E-state index < -0.39 is 11.8 Å². The second kappa shape index (κ2) is 7.40. The summed E-state index contributed by atoms with van der Waals surface area (Å²) in [6.07, 6.45) is 1.67. The van der Waals surface area contributed by atoms with E-state index in [1.165, 1.54) is 12.1 Å². The largest absolute Gasteiger partial charge is 0.478 e. The number of benzene rings is 3. The molecule has 0 atom stereocenters. The zero-order chi connectivity index (χ0) is 17.6. The molecule has 0 radical (unpaired) electrons. The second-order valence-electron chi connectivity index (χ2n) is 5.36. The van der Waals surface area contributed by atoms with Crippen LogP contribution in [0.3, 0.4) is 0 Å². The Morgan fingerprint density at radius 2 is 1.72 bits per heavy atom. The van der Waals surface area contributed by atoms with Crippen LogP contribution >= 0.6 is 0 Å². The van der Waals surface area contributed by atoms with Crippen LogP contribution in [0.2, 0.25) is 0 Å². The fraction of sp³-hybridized carbons (Fsp3) is 0. The zero-order valence-electron chi connectivity index (χ0n) is 13.2. The lowest BCUT2D eigenvalue weighted by atomic mass is 10.0. The Balaban J connectivity index is 1.73. The van der Waals surface area contributed by atoms with Crippen molar-refractivity contribution >= 4 is 17.9 Å². The number of nitrogens with one attached hydrogen (secondary N) is 1. The van der Waals surface area contributed by atoms with Crippen molar-refractivity contribution in [2.45, 2.75) is 0 Å². The lowest BCUT2D eigenvalue weighted by Gasteiger charge is -2.05. The van der Waals surface area contributed by atoms with Crippen molar-refractivity contribution in [1.82, 2.24) is 0 Å². The van der Waals surface area contributed by atoms with Gasteiger partial charge in [0.25, 0.3) is 0 Å². The van der Waals surface area contributed by atoms with Crippen molar-refractivity contribution in [2.24, 2.45) is 5.10 Å². The summed E-state index contributed by atoms with van der Waals surface area (Å²) in [5, 5.41) is 13.0. The smallest absolute Gasteiger partial charge is 0.335 e. The molecule has 0 aromatic heterocycles. The van der Waals surface area contributed by atoms with Crippen molar-refractivity contribution in [2.75, 3.05) is 5.43 Å². The topological polar surface area (TPSA) is 61.7 Å². The molecular formula is C20H15FN2O2. The van der Waals surface area contributed by atoms with Crippen molar-refractivity contribution in [1.29, 1.82) is 0 Å². The first-order valence-electron chi connectivity index (χ1n) is 7.61. The molecule has 124 valence electrons. The van der Waals surface area contributed by atoms with Gasteiger partial charge in [-0.2, -0.15) is 5.10 Å². The number of halogens is 1. The van der Waals surface area contributed by atoms with Crippen LogP contribution in [0.4, 0.5) is 10.1 Å². The molecule has 0 heterocycles. The number of aromatic carboxylic acids is 1. The summed E-state index contributed by atoms with van der Waals surface area (Å²) in [5.74, 6) is -1.71. The number of hydrogen-bond donors (Lipinski definition) is 2. The summed E-state index contributed by atoms with van der Waals surface area (Å²) in [6, 6.07) is 20.6. The first-order valence-corrected chi connectivity index (χ1v) is 7.61. The van der Waals surface area contributed by atoms with E-state index in [0.29, 0.717) is 11.1 Å². The van der Waals surface area contributed by atoms with Crippen LogP contribution in [0.15, 0.2) is 77.9 Å². The number of hydrazone groups is 1. The third-order valence-electron chi connectivity index (χ3n) is 3.62. The first-order chi connectivity index (χ1) is 12.1. The van der Waals surface area contributed by atoms with Gasteiger partial charge in [0.15, 0.2) is 0 Å². The Morgan fingerprint density at radius 3 is 2.36 bits per heavy atom. The predicted molar refractivity (Wildman–Crippen MR) is 96.5 cm³/mol. The SMILES string of the molecule is O=C(O)c1ccc(-c2ccc(C=NNc3ccccc3)cc2)c(F)c1. The molecule has 0 bridgehead atoms. The van der Waals surface area contributed by atoms with Gasteiger partial charge in [-0.25, -0.2) is 9.18 Å². The van der Waals surface area contributed by atoms with Crippen molar-refractivity contribution in [3.63, 3.8) is 0 Å². The third-order valence-corrected chi connectivity index (χ3v) is 3.62. The Kier molecular flexibility index (Phi) is 4.85. The first kappa shape index (κ1) is 16.4. The van der Waals surface area contributed by atoms with E-state index in [1.54, 1.807) is 18.3 Å². The number of anilines is 1. The Morgan fingerprint density at radius 1 is 1.00 bits per heavy atom. The maximum Gasteiger partial charge on any atom is 0.335 e. The number of carbonyl (C=O) groups is 1. The van der Waals surface area contributed by atoms with Gasteiger partial charge in [-0.3, -0.25) is 5.43 Å². The van der Waals surface area contributed by atoms with Crippen LogP contribution in [0, 0.1) is 5.82 Å². The molecule has 0 fully saturated rings. The normalized spacial score (nSPS) is 10.8. The highest BCUT2D eigenvalue weighted by atomic mass is 19.1. The molecule has 0 aliphatic rings. The molecule has 2 N–H and O–H groups in total. The van der Waals surface area contributed by atoms with E-state index in [1.807, 2.05) is 42.5 Å². The van der Waals surface area contributed by atoms with E-state index in [4.69, 9.17) is 5.11 Å². The fourth-order valence-electron chi connectivity index (χ4n) is 2.33. The minimum atomic E-state index is -1.15. The standard InChI is InChI=1S/C20H15FN2O2/c21-19-12-16(20(24)25)10-11-18(19)15-8-6-14(7-9-15)13-22-23-17-4-2-1-3-5-17/h1-13,23H,(H,24,25). The molecule has 25 heavy (non-hydrogen) atoms. The highest BCUT2D eigenvalue weighted by molar-refractivity contribution is 5.88. The fourth-order valence-corrected chi connectivity index (χ4v) is 2.33. The number of para-hydroxylation sites is 1. The van der Waals surface area contributed by atoms with Crippen molar-refractivity contribution in [3.05, 3.63) is 89.7 Å². The monoisotopic (exact) mass is 334 g/mol. The van der Waals surface area contributed by atoms with Crippen LogP contribution in [-0.2, 0) is 0 Å². The molecule has 0 amide bonds. The number of nitrogens with zero attached hydrogens (tertiary/aromatic N) is 1. The molecular weight excluding hydrogens is 319 g/mol. The van der Waals surface area contributed by atoms with Gasteiger partial charge >= 0.3 is 5.97 Å². The van der Waals surface area contributed by atoms with Crippen molar-refractivity contribution < 1.29 is 14.3 Å². The average molecular weight is 334 g/mol. The van der Waals surface area contributed by atoms with Crippen LogP contribution in [-0.4, -0.2) is 17.3 Å². The second-order valence-corrected chi connectivity index (χ2v) is 5.36. The Bertz CT molecular complexity index is 907. The highest BCUT2D eigenvalue weighted by Crippen LogP contribution is 2.24. The Labute approximate surface area is 144 Å². The number of carboxylic acid groups (broad SMARTS) is 1. The quantitative estimate of drug-likeness (QED) is 0.528. The predicted octanol–water partition coefficient (Wildman–Crippen LogP) is 4.64. The molecule has 3 aromatic rings. The van der Waals surface area contributed by atoms with Gasteiger partial charge in [0.2, 0.25) is 0 Å². The number of carboxylic acids is 1. The summed E-state index contributed by atoms with van der Waals surface area (Å²) in [7, 11) is 0. The van der Waals surface area contributed by atoms with Gasteiger partial charge in [-0.15, -0.1) is 0 Å². The maximum absolute atomic E-state index is 14.1. The van der Waals surface area contributed by atoms with Gasteiger partial charge in [-0.05, 0) is 35.4 Å². The van der Waals surface area contributed by atoms with Crippen LogP contribution in [0.1, 0.15) is 15.9 Å². The van der Waals surface area contributed by atoms with E-state index >= 15 is 0 Å². The average Bonchev–Trinajstić information content (AvgIpc) is 2.63. The molecule has 0 unspecified atom stereocenters. The molecule has 5 heteroatoms. The van der Waals surface area contributed by atoms with E-state index in [2.05, 4.69) is 10.5 Å². The van der Waals surface area contributed by atoms with Gasteiger partial charge in [0, 0.05) is 5.56 Å². The number of hydrogen-bond acceptors (Lipinski definition) is 3. The van der Waals surface area contributed by atoms with Crippen molar-refractivity contribution in [3.8, 4) is 11.1 Å². The van der Waals surface area contributed by atoms with E-state index in [9.17, 15) is 9.18 Å². The summed E-state index contributed by atoms with van der Waals surface area (Å²) in [5.41, 5.74) is 5.61. The molecule has 3 rings (SSSR count). The van der Waals surface area contributed by atoms with Gasteiger partial charge in [0.05, 0.1) is 17.5 Å². The molecule has 0 saturated carbocycles. The minimum absolute atomic E-state index is 0.0722. The van der Waals surface area contributed by atoms with Gasteiger partial charge < -0.3 is 5.11 Å². The summed E-state index contributed by atoms with van der Waals surface area (Å²) >= 11 is 0. The van der Waals surface area contributed by atoms with Gasteiger partial charge in [0.1, 0.15) is 5.82 Å². The summed E-state index contributed by atoms with van der Waals surface area (Å²) in [6.45, 7) is 0. The Hall–Kier alpha value is -3.47. The lowest BCUT2D eigenvalue weighted by Crippen LogP contribution is -1.97.